The maximum absolute atomic E-state index is 13.1. The predicted molar refractivity (Wildman–Crippen MR) is 116 cm³/mol. The van der Waals surface area contributed by atoms with E-state index in [1.54, 1.807) is 29.4 Å². The van der Waals surface area contributed by atoms with Gasteiger partial charge in [-0.3, -0.25) is 19.4 Å². The molecular formula is C22H26N4O3S. The molecule has 3 amide bonds. The van der Waals surface area contributed by atoms with Crippen molar-refractivity contribution in [2.75, 3.05) is 11.9 Å². The molecule has 0 unspecified atom stereocenters. The summed E-state index contributed by atoms with van der Waals surface area (Å²) in [6.45, 7) is -0.0490. The molecule has 2 aliphatic carbocycles. The Kier molecular flexibility index (Phi) is 6.13. The lowest BCUT2D eigenvalue weighted by Gasteiger charge is -2.28. The van der Waals surface area contributed by atoms with Gasteiger partial charge in [0, 0.05) is 28.9 Å². The minimum absolute atomic E-state index is 0.0450. The summed E-state index contributed by atoms with van der Waals surface area (Å²) in [6.07, 6.45) is 10.9. The van der Waals surface area contributed by atoms with Gasteiger partial charge in [0.2, 0.25) is 5.91 Å². The minimum Gasteiger partial charge on any atom is -0.365 e. The highest BCUT2D eigenvalue weighted by Gasteiger charge is 2.30. The first-order valence-electron chi connectivity index (χ1n) is 10.5. The van der Waals surface area contributed by atoms with Crippen LogP contribution in [0.1, 0.15) is 69.7 Å². The van der Waals surface area contributed by atoms with E-state index in [2.05, 4.69) is 10.3 Å². The standard InChI is InChI=1S/C22H26N4O3S/c23-20(28)19-16-7-3-4-8-17(16)30-21(19)25-18(27)13-26(15-5-1-2-6-15)22(29)14-9-11-24-12-10-14/h9-12,15H,1-8,13H2,(H2,23,28)(H,25,27). The summed E-state index contributed by atoms with van der Waals surface area (Å²) in [5, 5.41) is 3.40. The zero-order valence-corrected chi connectivity index (χ0v) is 17.7. The van der Waals surface area contributed by atoms with Crippen molar-refractivity contribution in [1.29, 1.82) is 0 Å². The largest absolute Gasteiger partial charge is 0.365 e. The molecule has 1 saturated carbocycles. The maximum Gasteiger partial charge on any atom is 0.254 e. The Hall–Kier alpha value is -2.74. The summed E-state index contributed by atoms with van der Waals surface area (Å²) in [6, 6.07) is 3.38. The number of carbonyl (C=O) groups is 3. The predicted octanol–water partition coefficient (Wildman–Crippen LogP) is 3.14. The summed E-state index contributed by atoms with van der Waals surface area (Å²) < 4.78 is 0. The maximum atomic E-state index is 13.1. The number of anilines is 1. The van der Waals surface area contributed by atoms with Crippen molar-refractivity contribution in [3.8, 4) is 0 Å². The lowest BCUT2D eigenvalue weighted by atomic mass is 9.95. The van der Waals surface area contributed by atoms with Gasteiger partial charge in [-0.25, -0.2) is 0 Å². The van der Waals surface area contributed by atoms with Gasteiger partial charge in [0.25, 0.3) is 11.8 Å². The molecule has 2 aromatic heterocycles. The normalized spacial score (nSPS) is 16.1. The van der Waals surface area contributed by atoms with Crippen LogP contribution in [-0.4, -0.2) is 40.2 Å². The number of thiophene rings is 1. The zero-order chi connectivity index (χ0) is 21.1. The average molecular weight is 427 g/mol. The summed E-state index contributed by atoms with van der Waals surface area (Å²) in [7, 11) is 0. The second-order valence-corrected chi connectivity index (χ2v) is 9.04. The fourth-order valence-corrected chi connectivity index (χ4v) is 5.79. The van der Waals surface area contributed by atoms with Gasteiger partial charge < -0.3 is 16.0 Å². The molecule has 0 bridgehead atoms. The monoisotopic (exact) mass is 426 g/mol. The van der Waals surface area contributed by atoms with Gasteiger partial charge >= 0.3 is 0 Å². The van der Waals surface area contributed by atoms with E-state index in [4.69, 9.17) is 5.73 Å². The molecule has 2 aliphatic rings. The van der Waals surface area contributed by atoms with E-state index in [-0.39, 0.29) is 24.4 Å². The van der Waals surface area contributed by atoms with Gasteiger partial charge in [-0.1, -0.05) is 12.8 Å². The molecule has 0 aromatic carbocycles. The number of aromatic nitrogens is 1. The SMILES string of the molecule is NC(=O)c1c(NC(=O)CN(C(=O)c2ccncc2)C2CCCC2)sc2c1CCCC2. The summed E-state index contributed by atoms with van der Waals surface area (Å²) >= 11 is 1.44. The number of primary amides is 1. The Bertz CT molecular complexity index is 951. The van der Waals surface area contributed by atoms with Crippen molar-refractivity contribution in [3.05, 3.63) is 46.1 Å². The highest BCUT2D eigenvalue weighted by molar-refractivity contribution is 7.17. The summed E-state index contributed by atoms with van der Waals surface area (Å²) in [5.41, 5.74) is 7.57. The van der Waals surface area contributed by atoms with Gasteiger partial charge in [-0.15, -0.1) is 11.3 Å². The van der Waals surface area contributed by atoms with Crippen LogP contribution in [0, 0.1) is 0 Å². The van der Waals surface area contributed by atoms with Crippen LogP contribution in [0.2, 0.25) is 0 Å². The molecule has 3 N–H and O–H groups in total. The van der Waals surface area contributed by atoms with Crippen molar-refractivity contribution in [2.24, 2.45) is 5.73 Å². The molecule has 0 saturated heterocycles. The third kappa shape index (κ3) is 4.23. The molecule has 0 spiro atoms. The van der Waals surface area contributed by atoms with E-state index >= 15 is 0 Å². The zero-order valence-electron chi connectivity index (χ0n) is 16.9. The Morgan fingerprint density at radius 1 is 1.10 bits per heavy atom. The first-order chi connectivity index (χ1) is 14.5. The van der Waals surface area contributed by atoms with E-state index in [0.717, 1.165) is 61.8 Å². The Morgan fingerprint density at radius 2 is 1.80 bits per heavy atom. The number of nitrogens with zero attached hydrogens (tertiary/aromatic N) is 2. The molecule has 2 heterocycles. The van der Waals surface area contributed by atoms with Crippen molar-refractivity contribution >= 4 is 34.1 Å². The van der Waals surface area contributed by atoms with Crippen molar-refractivity contribution in [1.82, 2.24) is 9.88 Å². The average Bonchev–Trinajstić information content (AvgIpc) is 3.39. The van der Waals surface area contributed by atoms with Crippen LogP contribution in [0.25, 0.3) is 0 Å². The van der Waals surface area contributed by atoms with Crippen LogP contribution in [0.3, 0.4) is 0 Å². The van der Waals surface area contributed by atoms with Crippen LogP contribution in [0.4, 0.5) is 5.00 Å². The molecular weight excluding hydrogens is 400 g/mol. The van der Waals surface area contributed by atoms with E-state index in [9.17, 15) is 14.4 Å². The number of fused-ring (bicyclic) bond motifs is 1. The Labute approximate surface area is 179 Å². The number of rotatable bonds is 6. The van der Waals surface area contributed by atoms with Gasteiger partial charge in [0.1, 0.15) is 11.5 Å². The molecule has 2 aromatic rings. The number of hydrogen-bond donors (Lipinski definition) is 2. The number of pyridine rings is 1. The first-order valence-corrected chi connectivity index (χ1v) is 11.3. The van der Waals surface area contributed by atoms with Crippen LogP contribution in [-0.2, 0) is 17.6 Å². The third-order valence-electron chi connectivity index (χ3n) is 5.94. The molecule has 0 aliphatic heterocycles. The second-order valence-electron chi connectivity index (χ2n) is 7.93. The number of hydrogen-bond acceptors (Lipinski definition) is 5. The number of amides is 3. The fourth-order valence-electron chi connectivity index (χ4n) is 4.48. The third-order valence-corrected chi connectivity index (χ3v) is 7.15. The van der Waals surface area contributed by atoms with Crippen molar-refractivity contribution in [2.45, 2.75) is 57.4 Å². The molecule has 0 atom stereocenters. The van der Waals surface area contributed by atoms with Gasteiger partial charge in [-0.2, -0.15) is 0 Å². The van der Waals surface area contributed by atoms with Gasteiger partial charge in [0.15, 0.2) is 0 Å². The molecule has 1 fully saturated rings. The van der Waals surface area contributed by atoms with Crippen LogP contribution in [0.5, 0.6) is 0 Å². The lowest BCUT2D eigenvalue weighted by molar-refractivity contribution is -0.117. The van der Waals surface area contributed by atoms with E-state index in [1.165, 1.54) is 11.3 Å². The topological polar surface area (TPSA) is 105 Å². The fraction of sp³-hybridized carbons (Fsp3) is 0.455. The van der Waals surface area contributed by atoms with Gasteiger partial charge in [0.05, 0.1) is 5.56 Å². The molecule has 4 rings (SSSR count). The quantitative estimate of drug-likeness (QED) is 0.740. The van der Waals surface area contributed by atoms with E-state index < -0.39 is 5.91 Å². The molecule has 158 valence electrons. The number of nitrogens with two attached hydrogens (primary N) is 1. The smallest absolute Gasteiger partial charge is 0.254 e. The minimum atomic E-state index is -0.509. The van der Waals surface area contributed by atoms with Gasteiger partial charge in [-0.05, 0) is 56.2 Å². The molecule has 8 heteroatoms. The first kappa shape index (κ1) is 20.5. The molecule has 7 nitrogen and oxygen atoms in total. The summed E-state index contributed by atoms with van der Waals surface area (Å²) in [4.78, 5) is 44.9. The number of nitrogens with one attached hydrogen (secondary N) is 1. The highest BCUT2D eigenvalue weighted by atomic mass is 32.1. The van der Waals surface area contributed by atoms with E-state index in [1.807, 2.05) is 0 Å². The summed E-state index contributed by atoms with van der Waals surface area (Å²) in [5.74, 6) is -0.976. The van der Waals surface area contributed by atoms with Crippen molar-refractivity contribution < 1.29 is 14.4 Å². The lowest BCUT2D eigenvalue weighted by Crippen LogP contribution is -2.43. The van der Waals surface area contributed by atoms with Crippen LogP contribution >= 0.6 is 11.3 Å². The highest BCUT2D eigenvalue weighted by Crippen LogP contribution is 2.38. The van der Waals surface area contributed by atoms with Crippen molar-refractivity contribution in [3.63, 3.8) is 0 Å². The Morgan fingerprint density at radius 3 is 2.50 bits per heavy atom. The van der Waals surface area contributed by atoms with Crippen LogP contribution in [0.15, 0.2) is 24.5 Å². The molecule has 0 radical (unpaired) electrons. The Balaban J connectivity index is 1.54. The number of aryl methyl sites for hydroxylation is 1. The van der Waals surface area contributed by atoms with E-state index in [0.29, 0.717) is 16.1 Å². The molecule has 30 heavy (non-hydrogen) atoms. The number of carbonyl (C=O) groups excluding carboxylic acids is 3. The second kappa shape index (κ2) is 8.95. The van der Waals surface area contributed by atoms with Crippen LogP contribution < -0.4 is 11.1 Å².